The second-order valence-corrected chi connectivity index (χ2v) is 6.85. The Morgan fingerprint density at radius 1 is 1.35 bits per heavy atom. The summed E-state index contributed by atoms with van der Waals surface area (Å²) in [5.41, 5.74) is 2.45. The summed E-state index contributed by atoms with van der Waals surface area (Å²) in [5.74, 6) is 2.48. The second-order valence-electron chi connectivity index (χ2n) is 6.85. The van der Waals surface area contributed by atoms with E-state index >= 15 is 0 Å². The maximum absolute atomic E-state index is 11.5. The third-order valence-corrected chi connectivity index (χ3v) is 4.99. The first kappa shape index (κ1) is 20.1. The van der Waals surface area contributed by atoms with Crippen LogP contribution in [0.3, 0.4) is 0 Å². The van der Waals surface area contributed by atoms with Gasteiger partial charge < -0.3 is 20.3 Å². The van der Waals surface area contributed by atoms with Crippen LogP contribution in [0.15, 0.2) is 23.2 Å². The van der Waals surface area contributed by atoms with Crippen LogP contribution in [0.4, 0.5) is 0 Å². The second kappa shape index (κ2) is 10.0. The van der Waals surface area contributed by atoms with E-state index in [2.05, 4.69) is 39.6 Å². The molecular weight excluding hydrogens is 328 g/mol. The molecule has 1 aromatic rings. The van der Waals surface area contributed by atoms with Gasteiger partial charge in [0, 0.05) is 40.2 Å². The van der Waals surface area contributed by atoms with Crippen molar-refractivity contribution in [2.75, 3.05) is 40.8 Å². The summed E-state index contributed by atoms with van der Waals surface area (Å²) in [6.45, 7) is 4.78. The predicted octanol–water partition coefficient (Wildman–Crippen LogP) is 1.97. The van der Waals surface area contributed by atoms with Crippen LogP contribution < -0.4 is 15.4 Å². The molecule has 1 saturated heterocycles. The van der Waals surface area contributed by atoms with Crippen LogP contribution in [-0.4, -0.2) is 57.6 Å². The van der Waals surface area contributed by atoms with Gasteiger partial charge in [-0.2, -0.15) is 0 Å². The van der Waals surface area contributed by atoms with E-state index in [1.807, 2.05) is 13.1 Å². The molecule has 1 aliphatic heterocycles. The molecule has 0 atom stereocenters. The molecule has 26 heavy (non-hydrogen) atoms. The van der Waals surface area contributed by atoms with Crippen molar-refractivity contribution in [3.63, 3.8) is 0 Å². The molecule has 0 spiro atoms. The molecule has 144 valence electrons. The highest BCUT2D eigenvalue weighted by Crippen LogP contribution is 2.21. The number of guanidine groups is 1. The molecule has 1 aliphatic rings. The Balaban J connectivity index is 1.82. The van der Waals surface area contributed by atoms with Gasteiger partial charge in [0.15, 0.2) is 5.96 Å². The summed E-state index contributed by atoms with van der Waals surface area (Å²) in [4.78, 5) is 18.2. The molecule has 2 rings (SSSR count). The molecule has 0 unspecified atom stereocenters. The van der Waals surface area contributed by atoms with Gasteiger partial charge in [0.25, 0.3) is 0 Å². The number of piperidine rings is 1. The highest BCUT2D eigenvalue weighted by Gasteiger charge is 2.22. The first-order valence-electron chi connectivity index (χ1n) is 9.37. The maximum atomic E-state index is 11.5. The summed E-state index contributed by atoms with van der Waals surface area (Å²) in [6, 6.07) is 6.27. The number of nitrogens with one attached hydrogen (secondary N) is 2. The molecule has 1 aromatic carbocycles. The average Bonchev–Trinajstić information content (AvgIpc) is 2.66. The van der Waals surface area contributed by atoms with Crippen molar-refractivity contribution < 1.29 is 9.53 Å². The molecule has 0 aliphatic carbocycles. The molecule has 1 amide bonds. The molecule has 1 heterocycles. The van der Waals surface area contributed by atoms with Crippen LogP contribution in [-0.2, 0) is 11.2 Å². The van der Waals surface area contributed by atoms with Gasteiger partial charge in [-0.25, -0.2) is 0 Å². The summed E-state index contributed by atoms with van der Waals surface area (Å²) in [5, 5.41) is 6.18. The molecule has 0 aromatic heterocycles. The number of ether oxygens (including phenoxy) is 1. The summed E-state index contributed by atoms with van der Waals surface area (Å²) in [6.07, 6.45) is 3.57. The van der Waals surface area contributed by atoms with Crippen molar-refractivity contribution in [2.24, 2.45) is 10.9 Å². The Kier molecular flexibility index (Phi) is 7.75. The van der Waals surface area contributed by atoms with E-state index in [9.17, 15) is 4.79 Å². The fourth-order valence-electron chi connectivity index (χ4n) is 3.46. The van der Waals surface area contributed by atoms with Crippen LogP contribution >= 0.6 is 0 Å². The largest absolute Gasteiger partial charge is 0.496 e. The number of methoxy groups -OCH3 is 1. The number of aryl methyl sites for hydroxylation is 1. The number of rotatable bonds is 6. The minimum atomic E-state index is 0.137. The summed E-state index contributed by atoms with van der Waals surface area (Å²) < 4.78 is 5.45. The quantitative estimate of drug-likeness (QED) is 0.601. The van der Waals surface area contributed by atoms with Crippen molar-refractivity contribution in [2.45, 2.75) is 32.6 Å². The Hall–Kier alpha value is -2.24. The molecule has 6 nitrogen and oxygen atoms in total. The molecule has 2 N–H and O–H groups in total. The van der Waals surface area contributed by atoms with Crippen molar-refractivity contribution in [1.82, 2.24) is 15.5 Å². The van der Waals surface area contributed by atoms with E-state index in [4.69, 9.17) is 4.74 Å². The number of likely N-dealkylation sites (tertiary alicyclic amines) is 1. The van der Waals surface area contributed by atoms with Crippen molar-refractivity contribution >= 4 is 11.9 Å². The Labute approximate surface area is 157 Å². The van der Waals surface area contributed by atoms with E-state index < -0.39 is 0 Å². The normalized spacial score (nSPS) is 15.7. The minimum Gasteiger partial charge on any atom is -0.496 e. The van der Waals surface area contributed by atoms with E-state index in [1.165, 1.54) is 11.1 Å². The van der Waals surface area contributed by atoms with Crippen molar-refractivity contribution in [1.29, 1.82) is 0 Å². The third kappa shape index (κ3) is 5.64. The van der Waals surface area contributed by atoms with Crippen LogP contribution in [0.25, 0.3) is 0 Å². The van der Waals surface area contributed by atoms with E-state index in [0.717, 1.165) is 50.6 Å². The lowest BCUT2D eigenvalue weighted by Crippen LogP contribution is -2.46. The smallest absolute Gasteiger partial charge is 0.220 e. The maximum Gasteiger partial charge on any atom is 0.220 e. The number of hydrogen-bond donors (Lipinski definition) is 2. The lowest BCUT2D eigenvalue weighted by Gasteiger charge is -2.34. The third-order valence-electron chi connectivity index (χ3n) is 4.99. The Morgan fingerprint density at radius 2 is 2.08 bits per heavy atom. The number of benzene rings is 1. The van der Waals surface area contributed by atoms with Gasteiger partial charge in [-0.3, -0.25) is 9.79 Å². The number of amides is 1. The average molecular weight is 361 g/mol. The topological polar surface area (TPSA) is 66.0 Å². The standard InChI is InChI=1S/C20H32N4O2/c1-15-5-6-18(26-4)17(13-15)7-10-23-20(22-3)24-11-8-16(9-12-24)14-19(25)21-2/h5-6,13,16H,7-12,14H2,1-4H3,(H,21,25)(H,22,23). The fourth-order valence-corrected chi connectivity index (χ4v) is 3.46. The lowest BCUT2D eigenvalue weighted by atomic mass is 9.93. The molecule has 0 bridgehead atoms. The van der Waals surface area contributed by atoms with Gasteiger partial charge in [-0.15, -0.1) is 0 Å². The van der Waals surface area contributed by atoms with Crippen LogP contribution in [0, 0.1) is 12.8 Å². The molecule has 6 heteroatoms. The van der Waals surface area contributed by atoms with Crippen LogP contribution in [0.5, 0.6) is 5.75 Å². The lowest BCUT2D eigenvalue weighted by molar-refractivity contribution is -0.121. The van der Waals surface area contributed by atoms with Gasteiger partial charge in [0.05, 0.1) is 7.11 Å². The highest BCUT2D eigenvalue weighted by atomic mass is 16.5. The van der Waals surface area contributed by atoms with E-state index in [0.29, 0.717) is 12.3 Å². The van der Waals surface area contributed by atoms with Crippen molar-refractivity contribution in [3.8, 4) is 5.75 Å². The number of carbonyl (C=O) groups is 1. The number of nitrogens with zero attached hydrogens (tertiary/aromatic N) is 2. The van der Waals surface area contributed by atoms with Crippen molar-refractivity contribution in [3.05, 3.63) is 29.3 Å². The number of aliphatic imine (C=N–C) groups is 1. The van der Waals surface area contributed by atoms with Gasteiger partial charge >= 0.3 is 0 Å². The zero-order valence-electron chi connectivity index (χ0n) is 16.5. The first-order chi connectivity index (χ1) is 12.6. The monoisotopic (exact) mass is 360 g/mol. The fraction of sp³-hybridized carbons (Fsp3) is 0.600. The van der Waals surface area contributed by atoms with Crippen LogP contribution in [0.1, 0.15) is 30.4 Å². The first-order valence-corrected chi connectivity index (χ1v) is 9.37. The molecule has 1 fully saturated rings. The highest BCUT2D eigenvalue weighted by molar-refractivity contribution is 5.80. The van der Waals surface area contributed by atoms with Gasteiger partial charge in [0.1, 0.15) is 5.75 Å². The number of hydrogen-bond acceptors (Lipinski definition) is 3. The number of carbonyl (C=O) groups excluding carboxylic acids is 1. The summed E-state index contributed by atoms with van der Waals surface area (Å²) >= 11 is 0. The van der Waals surface area contributed by atoms with Crippen LogP contribution in [0.2, 0.25) is 0 Å². The zero-order chi connectivity index (χ0) is 18.9. The zero-order valence-corrected chi connectivity index (χ0v) is 16.5. The molecule has 0 radical (unpaired) electrons. The Morgan fingerprint density at radius 3 is 2.69 bits per heavy atom. The minimum absolute atomic E-state index is 0.137. The Bertz CT molecular complexity index is 622. The van der Waals surface area contributed by atoms with Gasteiger partial charge in [-0.1, -0.05) is 17.7 Å². The summed E-state index contributed by atoms with van der Waals surface area (Å²) in [7, 11) is 5.24. The van der Waals surface area contributed by atoms with E-state index in [1.54, 1.807) is 14.2 Å². The molecular formula is C20H32N4O2. The predicted molar refractivity (Wildman–Crippen MR) is 106 cm³/mol. The SMILES string of the molecule is CN=C(NCCc1cc(C)ccc1OC)N1CCC(CC(=O)NC)CC1. The van der Waals surface area contributed by atoms with Gasteiger partial charge in [0.2, 0.25) is 5.91 Å². The van der Waals surface area contributed by atoms with Gasteiger partial charge in [-0.05, 0) is 43.7 Å². The van der Waals surface area contributed by atoms with E-state index in [-0.39, 0.29) is 5.91 Å². The molecule has 0 saturated carbocycles.